The van der Waals surface area contributed by atoms with Crippen molar-refractivity contribution in [3.63, 3.8) is 0 Å². The maximum absolute atomic E-state index is 13.6. The monoisotopic (exact) mass is 459 g/mol. The highest BCUT2D eigenvalue weighted by atomic mass is 32.2. The Morgan fingerprint density at radius 3 is 2.59 bits per heavy atom. The van der Waals surface area contributed by atoms with Crippen LogP contribution in [0.25, 0.3) is 10.8 Å². The Bertz CT molecular complexity index is 1120. The van der Waals surface area contributed by atoms with E-state index in [9.17, 15) is 18.3 Å². The van der Waals surface area contributed by atoms with Crippen molar-refractivity contribution >= 4 is 26.8 Å². The van der Waals surface area contributed by atoms with Gasteiger partial charge >= 0.3 is 5.97 Å². The second-order valence-corrected chi connectivity index (χ2v) is 11.8. The minimum Gasteiger partial charge on any atom is -0.458 e. The van der Waals surface area contributed by atoms with Gasteiger partial charge in [-0.15, -0.1) is 0 Å². The molecular weight excluding hydrogens is 426 g/mol. The first-order valence-electron chi connectivity index (χ1n) is 11.4. The number of carbonyl (C=O) groups is 1. The molecule has 0 radical (unpaired) electrons. The number of benzene rings is 2. The van der Waals surface area contributed by atoms with Gasteiger partial charge in [-0.3, -0.25) is 0 Å². The zero-order valence-electron chi connectivity index (χ0n) is 19.2. The Kier molecular flexibility index (Phi) is 5.89. The van der Waals surface area contributed by atoms with Crippen LogP contribution in [0.5, 0.6) is 0 Å². The van der Waals surface area contributed by atoms with Crippen molar-refractivity contribution in [1.29, 1.82) is 0 Å². The summed E-state index contributed by atoms with van der Waals surface area (Å²) in [5, 5.41) is 11.7. The third-order valence-corrected chi connectivity index (χ3v) is 9.69. The molecule has 32 heavy (non-hydrogen) atoms. The number of carbonyl (C=O) groups excluding carboxylic acids is 1. The van der Waals surface area contributed by atoms with Gasteiger partial charge in [0.25, 0.3) is 0 Å². The van der Waals surface area contributed by atoms with Gasteiger partial charge in [0.1, 0.15) is 6.10 Å². The standard InChI is InChI=1S/C25H33NO5S/c1-5-9-19(27)23(28)31-22-21(18-14-15-25(22,4)24(18,2)3)26-32(29,30)20-13-8-11-16-10-6-7-12-17(16)20/h6-8,10-13,18-19,21-22,26-27H,5,9,14-15H2,1-4H3/t18-,19-,21-,22-,25+/m1/s1. The SMILES string of the molecule is CCC[C@@H](O)C(=O)O[C@@H]1[C@H](NS(=O)(=O)c2cccc3ccccc23)[C@H]2CC[C@]1(C)C2(C)C. The number of aliphatic hydroxyl groups excluding tert-OH is 1. The molecule has 174 valence electrons. The van der Waals surface area contributed by atoms with E-state index in [-0.39, 0.29) is 21.6 Å². The first-order chi connectivity index (χ1) is 15.0. The Balaban J connectivity index is 1.69. The lowest BCUT2D eigenvalue weighted by Gasteiger charge is -2.39. The van der Waals surface area contributed by atoms with Gasteiger partial charge < -0.3 is 9.84 Å². The molecule has 2 fully saturated rings. The summed E-state index contributed by atoms with van der Waals surface area (Å²) in [6, 6.07) is 12.1. The Morgan fingerprint density at radius 2 is 1.88 bits per heavy atom. The van der Waals surface area contributed by atoms with E-state index in [4.69, 9.17) is 4.74 Å². The lowest BCUT2D eigenvalue weighted by atomic mass is 9.70. The van der Waals surface area contributed by atoms with E-state index in [1.807, 2.05) is 31.2 Å². The minimum absolute atomic E-state index is 0.0263. The Hall–Kier alpha value is -1.96. The summed E-state index contributed by atoms with van der Waals surface area (Å²) in [7, 11) is -3.87. The van der Waals surface area contributed by atoms with Crippen molar-refractivity contribution in [2.45, 2.75) is 76.5 Å². The third-order valence-electron chi connectivity index (χ3n) is 8.17. The van der Waals surface area contributed by atoms with Crippen LogP contribution in [0.15, 0.2) is 47.4 Å². The highest BCUT2D eigenvalue weighted by Crippen LogP contribution is 2.66. The summed E-state index contributed by atoms with van der Waals surface area (Å²) in [5.41, 5.74) is -0.606. The number of ether oxygens (including phenoxy) is 1. The van der Waals surface area contributed by atoms with Gasteiger partial charge in [-0.25, -0.2) is 17.9 Å². The fourth-order valence-corrected chi connectivity index (χ4v) is 7.43. The van der Waals surface area contributed by atoms with E-state index in [1.54, 1.807) is 18.2 Å². The van der Waals surface area contributed by atoms with Gasteiger partial charge in [0.15, 0.2) is 6.10 Å². The van der Waals surface area contributed by atoms with Crippen molar-refractivity contribution in [3.8, 4) is 0 Å². The molecule has 2 N–H and O–H groups in total. The van der Waals surface area contributed by atoms with Crippen LogP contribution < -0.4 is 4.72 Å². The largest absolute Gasteiger partial charge is 0.458 e. The zero-order chi connectivity index (χ0) is 23.3. The van der Waals surface area contributed by atoms with Crippen LogP contribution in [0.3, 0.4) is 0 Å². The fraction of sp³-hybridized carbons (Fsp3) is 0.560. The minimum atomic E-state index is -3.87. The molecule has 0 heterocycles. The molecule has 2 aromatic carbocycles. The van der Waals surface area contributed by atoms with E-state index in [2.05, 4.69) is 25.5 Å². The van der Waals surface area contributed by atoms with Gasteiger partial charge in [-0.1, -0.05) is 70.5 Å². The van der Waals surface area contributed by atoms with Crippen molar-refractivity contribution < 1.29 is 23.1 Å². The second kappa shape index (κ2) is 8.12. The number of sulfonamides is 1. The van der Waals surface area contributed by atoms with E-state index in [0.29, 0.717) is 18.2 Å². The van der Waals surface area contributed by atoms with Crippen LogP contribution in [-0.2, 0) is 19.6 Å². The topological polar surface area (TPSA) is 92.7 Å². The Morgan fingerprint density at radius 1 is 1.19 bits per heavy atom. The molecular formula is C25H33NO5S. The molecule has 2 aliphatic rings. The van der Waals surface area contributed by atoms with Gasteiger partial charge in [0.05, 0.1) is 10.9 Å². The smallest absolute Gasteiger partial charge is 0.335 e. The molecule has 2 bridgehead atoms. The highest BCUT2D eigenvalue weighted by Gasteiger charge is 2.68. The van der Waals surface area contributed by atoms with E-state index in [0.717, 1.165) is 18.2 Å². The number of esters is 1. The molecule has 0 saturated heterocycles. The average Bonchev–Trinajstić information content (AvgIpc) is 3.06. The van der Waals surface area contributed by atoms with Crippen LogP contribution in [0.1, 0.15) is 53.4 Å². The number of aliphatic hydroxyl groups is 1. The molecule has 7 heteroatoms. The van der Waals surface area contributed by atoms with E-state index < -0.39 is 34.2 Å². The maximum Gasteiger partial charge on any atom is 0.335 e. The number of fused-ring (bicyclic) bond motifs is 3. The second-order valence-electron chi connectivity index (χ2n) is 10.1. The van der Waals surface area contributed by atoms with Crippen LogP contribution >= 0.6 is 0 Å². The molecule has 2 saturated carbocycles. The van der Waals surface area contributed by atoms with Gasteiger partial charge in [0.2, 0.25) is 10.0 Å². The molecule has 5 atom stereocenters. The summed E-state index contributed by atoms with van der Waals surface area (Å²) < 4.78 is 35.9. The first-order valence-corrected chi connectivity index (χ1v) is 12.9. The quantitative estimate of drug-likeness (QED) is 0.610. The van der Waals surface area contributed by atoms with Gasteiger partial charge in [-0.05, 0) is 42.0 Å². The molecule has 4 rings (SSSR count). The van der Waals surface area contributed by atoms with Crippen molar-refractivity contribution in [2.24, 2.45) is 16.7 Å². The summed E-state index contributed by atoms with van der Waals surface area (Å²) in [6.07, 6.45) is 0.850. The van der Waals surface area contributed by atoms with Crippen LogP contribution in [0.2, 0.25) is 0 Å². The molecule has 0 amide bonds. The summed E-state index contributed by atoms with van der Waals surface area (Å²) in [4.78, 5) is 12.8. The Labute approximate surface area is 190 Å². The number of rotatable bonds is 7. The fourth-order valence-electron chi connectivity index (χ4n) is 5.92. The lowest BCUT2D eigenvalue weighted by molar-refractivity contribution is -0.168. The van der Waals surface area contributed by atoms with Gasteiger partial charge in [0, 0.05) is 10.8 Å². The van der Waals surface area contributed by atoms with Crippen molar-refractivity contribution in [1.82, 2.24) is 4.72 Å². The predicted octanol–water partition coefficient (Wildman–Crippen LogP) is 4.02. The molecule has 0 aliphatic heterocycles. The zero-order valence-corrected chi connectivity index (χ0v) is 20.0. The average molecular weight is 460 g/mol. The van der Waals surface area contributed by atoms with E-state index >= 15 is 0 Å². The van der Waals surface area contributed by atoms with Gasteiger partial charge in [-0.2, -0.15) is 0 Å². The highest BCUT2D eigenvalue weighted by molar-refractivity contribution is 7.89. The van der Waals surface area contributed by atoms with Crippen LogP contribution in [-0.4, -0.2) is 37.7 Å². The summed E-state index contributed by atoms with van der Waals surface area (Å²) in [6.45, 7) is 8.21. The molecule has 2 aliphatic carbocycles. The normalized spacial score (nSPS) is 29.8. The first kappa shape index (κ1) is 23.2. The van der Waals surface area contributed by atoms with Crippen LogP contribution in [0.4, 0.5) is 0 Å². The summed E-state index contributed by atoms with van der Waals surface area (Å²) >= 11 is 0. The molecule has 0 spiro atoms. The van der Waals surface area contributed by atoms with Crippen LogP contribution in [0, 0.1) is 16.7 Å². The molecule has 0 unspecified atom stereocenters. The molecule has 2 aromatic rings. The summed E-state index contributed by atoms with van der Waals surface area (Å²) in [5.74, 6) is -0.644. The third kappa shape index (κ3) is 3.55. The number of hydrogen-bond donors (Lipinski definition) is 2. The number of nitrogens with one attached hydrogen (secondary N) is 1. The number of hydrogen-bond acceptors (Lipinski definition) is 5. The van der Waals surface area contributed by atoms with E-state index in [1.165, 1.54) is 0 Å². The lowest BCUT2D eigenvalue weighted by Crippen LogP contribution is -2.52. The van der Waals surface area contributed by atoms with Crippen molar-refractivity contribution in [3.05, 3.63) is 42.5 Å². The molecule has 0 aromatic heterocycles. The van der Waals surface area contributed by atoms with Crippen molar-refractivity contribution in [2.75, 3.05) is 0 Å². The molecule has 6 nitrogen and oxygen atoms in total. The maximum atomic E-state index is 13.6. The predicted molar refractivity (Wildman–Crippen MR) is 123 cm³/mol.